The summed E-state index contributed by atoms with van der Waals surface area (Å²) < 4.78 is 0. The Bertz CT molecular complexity index is 497. The number of nitrogens with zero attached hydrogens (tertiary/aromatic N) is 4. The molecular weight excluding hydrogens is 306 g/mol. The predicted molar refractivity (Wildman–Crippen MR) is 96.9 cm³/mol. The molecule has 138 valence electrons. The molecule has 0 aliphatic carbocycles. The summed E-state index contributed by atoms with van der Waals surface area (Å²) >= 11 is 0. The van der Waals surface area contributed by atoms with Gasteiger partial charge < -0.3 is 20.0 Å². The van der Waals surface area contributed by atoms with Gasteiger partial charge in [0.15, 0.2) is 5.96 Å². The highest BCUT2D eigenvalue weighted by molar-refractivity contribution is 5.90. The molecule has 1 rings (SSSR count). The monoisotopic (exact) mass is 339 g/mol. The number of hydrogen-bond donors (Lipinski definition) is 1. The maximum absolute atomic E-state index is 12.6. The fourth-order valence-electron chi connectivity index (χ4n) is 3.09. The van der Waals surface area contributed by atoms with Crippen LogP contribution in [0.5, 0.6) is 0 Å². The van der Waals surface area contributed by atoms with Gasteiger partial charge in [0.1, 0.15) is 6.54 Å². The van der Waals surface area contributed by atoms with E-state index >= 15 is 0 Å². The van der Waals surface area contributed by atoms with Gasteiger partial charge in [-0.25, -0.2) is 4.99 Å². The molecule has 0 aromatic rings. The van der Waals surface area contributed by atoms with Crippen LogP contribution in [0.25, 0.3) is 0 Å². The second-order valence-electron chi connectivity index (χ2n) is 7.75. The summed E-state index contributed by atoms with van der Waals surface area (Å²) in [5.41, 5.74) is -0.297. The molecule has 0 atom stereocenters. The highest BCUT2D eigenvalue weighted by Gasteiger charge is 2.40. The zero-order chi connectivity index (χ0) is 18.7. The maximum atomic E-state index is 12.6. The first-order chi connectivity index (χ1) is 11.0. The molecule has 0 radical (unpaired) electrons. The maximum Gasteiger partial charge on any atom is 0.243 e. The number of aliphatic imine (C=N–C) groups is 1. The molecular formula is C17H33N5O2. The molecule has 0 bridgehead atoms. The van der Waals surface area contributed by atoms with Gasteiger partial charge >= 0.3 is 0 Å². The first-order valence-corrected chi connectivity index (χ1v) is 8.54. The SMILES string of the molecule is CC(C)NC(=NCC(=O)N(C)C)N1CC(=O)N(C(C)C)C(C)(C)C1. The minimum atomic E-state index is -0.297. The Morgan fingerprint density at radius 2 is 1.88 bits per heavy atom. The minimum Gasteiger partial charge on any atom is -0.354 e. The van der Waals surface area contributed by atoms with Crippen molar-refractivity contribution in [2.45, 2.75) is 59.2 Å². The fourth-order valence-corrected chi connectivity index (χ4v) is 3.09. The molecule has 2 amide bonds. The Balaban J connectivity index is 3.01. The molecule has 0 aromatic heterocycles. The third-order valence-corrected chi connectivity index (χ3v) is 3.92. The van der Waals surface area contributed by atoms with Gasteiger partial charge in [0.2, 0.25) is 11.8 Å². The number of likely N-dealkylation sites (N-methyl/N-ethyl adjacent to an activating group) is 1. The molecule has 0 aromatic carbocycles. The van der Waals surface area contributed by atoms with Gasteiger partial charge in [-0.2, -0.15) is 0 Å². The van der Waals surface area contributed by atoms with E-state index in [9.17, 15) is 9.59 Å². The Kier molecular flexibility index (Phi) is 6.63. The van der Waals surface area contributed by atoms with Crippen molar-refractivity contribution in [3.63, 3.8) is 0 Å². The number of carbonyl (C=O) groups excluding carboxylic acids is 2. The van der Waals surface area contributed by atoms with Crippen LogP contribution in [0.3, 0.4) is 0 Å². The second kappa shape index (κ2) is 7.85. The minimum absolute atomic E-state index is 0.0653. The normalized spacial score (nSPS) is 18.4. The van der Waals surface area contributed by atoms with Crippen molar-refractivity contribution in [1.29, 1.82) is 0 Å². The molecule has 7 heteroatoms. The zero-order valence-electron chi connectivity index (χ0n) is 16.4. The summed E-state index contributed by atoms with van der Waals surface area (Å²) in [6, 6.07) is 0.322. The van der Waals surface area contributed by atoms with Crippen molar-refractivity contribution >= 4 is 17.8 Å². The summed E-state index contributed by atoms with van der Waals surface area (Å²) in [5.74, 6) is 0.632. The summed E-state index contributed by atoms with van der Waals surface area (Å²) in [6.07, 6.45) is 0. The Labute approximate surface area is 146 Å². The number of guanidine groups is 1. The van der Waals surface area contributed by atoms with Crippen LogP contribution in [0, 0.1) is 0 Å². The van der Waals surface area contributed by atoms with Crippen LogP contribution >= 0.6 is 0 Å². The van der Waals surface area contributed by atoms with Crippen molar-refractivity contribution in [3.8, 4) is 0 Å². The molecule has 24 heavy (non-hydrogen) atoms. The van der Waals surface area contributed by atoms with Crippen molar-refractivity contribution in [2.75, 3.05) is 33.7 Å². The van der Waals surface area contributed by atoms with Crippen LogP contribution in [0.4, 0.5) is 0 Å². The Hall–Kier alpha value is -1.79. The number of hydrogen-bond acceptors (Lipinski definition) is 3. The lowest BCUT2D eigenvalue weighted by atomic mass is 9.96. The molecule has 1 aliphatic rings. The van der Waals surface area contributed by atoms with Crippen molar-refractivity contribution in [1.82, 2.24) is 20.0 Å². The molecule has 0 saturated carbocycles. The van der Waals surface area contributed by atoms with E-state index in [-0.39, 0.29) is 42.5 Å². The van der Waals surface area contributed by atoms with Gasteiger partial charge in [-0.1, -0.05) is 0 Å². The zero-order valence-corrected chi connectivity index (χ0v) is 16.4. The van der Waals surface area contributed by atoms with E-state index < -0.39 is 0 Å². The summed E-state index contributed by atoms with van der Waals surface area (Å²) in [7, 11) is 3.42. The van der Waals surface area contributed by atoms with Gasteiger partial charge in [0, 0.05) is 32.7 Å². The van der Waals surface area contributed by atoms with Gasteiger partial charge in [-0.3, -0.25) is 9.59 Å². The van der Waals surface area contributed by atoms with Crippen LogP contribution in [0.1, 0.15) is 41.5 Å². The van der Waals surface area contributed by atoms with E-state index in [1.807, 2.05) is 37.5 Å². The van der Waals surface area contributed by atoms with Crippen LogP contribution in [-0.2, 0) is 9.59 Å². The van der Waals surface area contributed by atoms with E-state index in [1.54, 1.807) is 14.1 Å². The van der Waals surface area contributed by atoms with Crippen LogP contribution in [0.15, 0.2) is 4.99 Å². The number of rotatable bonds is 4. The number of nitrogens with one attached hydrogen (secondary N) is 1. The Morgan fingerprint density at radius 3 is 2.29 bits per heavy atom. The van der Waals surface area contributed by atoms with Crippen molar-refractivity contribution < 1.29 is 9.59 Å². The largest absolute Gasteiger partial charge is 0.354 e. The highest BCUT2D eigenvalue weighted by atomic mass is 16.2. The molecule has 1 aliphatic heterocycles. The van der Waals surface area contributed by atoms with Crippen LogP contribution < -0.4 is 5.32 Å². The molecule has 0 unspecified atom stereocenters. The standard InChI is InChI=1S/C17H33N5O2/c1-12(2)19-16(18-9-14(23)20(7)8)21-10-15(24)22(13(3)4)17(5,6)11-21/h12-13H,9-11H2,1-8H3,(H,18,19). The summed E-state index contributed by atoms with van der Waals surface area (Å²) in [4.78, 5) is 34.3. The highest BCUT2D eigenvalue weighted by Crippen LogP contribution is 2.24. The predicted octanol–water partition coefficient (Wildman–Crippen LogP) is 0.760. The fraction of sp³-hybridized carbons (Fsp3) is 0.824. The van der Waals surface area contributed by atoms with E-state index in [0.717, 1.165) is 0 Å². The van der Waals surface area contributed by atoms with E-state index in [4.69, 9.17) is 0 Å². The molecule has 0 spiro atoms. The van der Waals surface area contributed by atoms with E-state index in [2.05, 4.69) is 24.2 Å². The summed E-state index contributed by atoms with van der Waals surface area (Å²) in [5, 5.41) is 3.28. The third kappa shape index (κ3) is 5.11. The van der Waals surface area contributed by atoms with Gasteiger partial charge in [0.05, 0.1) is 12.1 Å². The quantitative estimate of drug-likeness (QED) is 0.606. The van der Waals surface area contributed by atoms with Crippen LogP contribution in [0.2, 0.25) is 0 Å². The number of piperazine rings is 1. The molecule has 1 N–H and O–H groups in total. The van der Waals surface area contributed by atoms with E-state index in [1.165, 1.54) is 4.90 Å². The first kappa shape index (κ1) is 20.3. The van der Waals surface area contributed by atoms with Crippen molar-refractivity contribution in [2.24, 2.45) is 4.99 Å². The lowest BCUT2D eigenvalue weighted by Gasteiger charge is -2.49. The summed E-state index contributed by atoms with van der Waals surface area (Å²) in [6.45, 7) is 13.2. The second-order valence-corrected chi connectivity index (χ2v) is 7.75. The lowest BCUT2D eigenvalue weighted by Crippen LogP contribution is -2.66. The third-order valence-electron chi connectivity index (χ3n) is 3.92. The van der Waals surface area contributed by atoms with Gasteiger partial charge in [-0.05, 0) is 41.5 Å². The van der Waals surface area contributed by atoms with Crippen molar-refractivity contribution in [3.05, 3.63) is 0 Å². The van der Waals surface area contributed by atoms with Gasteiger partial charge in [-0.15, -0.1) is 0 Å². The average Bonchev–Trinajstić information content (AvgIpc) is 2.39. The number of amides is 2. The number of carbonyl (C=O) groups is 2. The molecule has 1 heterocycles. The van der Waals surface area contributed by atoms with Gasteiger partial charge in [0.25, 0.3) is 0 Å². The molecule has 7 nitrogen and oxygen atoms in total. The molecule has 1 fully saturated rings. The first-order valence-electron chi connectivity index (χ1n) is 8.54. The van der Waals surface area contributed by atoms with E-state index in [0.29, 0.717) is 12.5 Å². The Morgan fingerprint density at radius 1 is 1.29 bits per heavy atom. The average molecular weight is 339 g/mol. The lowest BCUT2D eigenvalue weighted by molar-refractivity contribution is -0.145. The van der Waals surface area contributed by atoms with Crippen LogP contribution in [-0.4, -0.2) is 83.8 Å². The smallest absolute Gasteiger partial charge is 0.243 e. The topological polar surface area (TPSA) is 68.2 Å². The molecule has 1 saturated heterocycles.